The number of hydrogen-bond acceptors (Lipinski definition) is 5. The van der Waals surface area contributed by atoms with Crippen molar-refractivity contribution in [3.63, 3.8) is 0 Å². The average Bonchev–Trinajstić information content (AvgIpc) is 3.16. The first kappa shape index (κ1) is 18.0. The molecular weight excluding hydrogens is 344 g/mol. The van der Waals surface area contributed by atoms with E-state index in [1.165, 1.54) is 0 Å². The molecule has 0 bridgehead atoms. The van der Waals surface area contributed by atoms with Gasteiger partial charge in [0.1, 0.15) is 17.2 Å². The van der Waals surface area contributed by atoms with Crippen LogP contribution >= 0.6 is 0 Å². The first-order chi connectivity index (χ1) is 13.3. The topological polar surface area (TPSA) is 64.8 Å². The Morgan fingerprint density at radius 2 is 2.11 bits per heavy atom. The van der Waals surface area contributed by atoms with Crippen LogP contribution in [0.4, 0.5) is 0 Å². The number of oxazole rings is 1. The molecule has 0 unspecified atom stereocenters. The van der Waals surface area contributed by atoms with Crippen molar-refractivity contribution in [3.8, 4) is 5.75 Å². The van der Waals surface area contributed by atoms with Crippen LogP contribution in [0.5, 0.6) is 5.75 Å². The van der Waals surface area contributed by atoms with Crippen LogP contribution in [0.25, 0.3) is 0 Å². The summed E-state index contributed by atoms with van der Waals surface area (Å²) in [5.41, 5.74) is 1.51. The fourth-order valence-electron chi connectivity index (χ4n) is 3.66. The molecule has 144 valence electrons. The maximum atomic E-state index is 13.1. The molecule has 0 spiro atoms. The SMILES string of the molecule is CCCOc1ccccc1C(=O)N1CCc2oc(C3CCOCC3)nc2C1. The second kappa shape index (κ2) is 8.13. The maximum absolute atomic E-state index is 13.1. The van der Waals surface area contributed by atoms with Gasteiger partial charge in [0, 0.05) is 32.1 Å². The largest absolute Gasteiger partial charge is 0.493 e. The van der Waals surface area contributed by atoms with Gasteiger partial charge in [-0.15, -0.1) is 0 Å². The van der Waals surface area contributed by atoms with Crippen molar-refractivity contribution >= 4 is 5.91 Å². The van der Waals surface area contributed by atoms with Gasteiger partial charge in [0.25, 0.3) is 5.91 Å². The quantitative estimate of drug-likeness (QED) is 0.805. The highest BCUT2D eigenvalue weighted by Crippen LogP contribution is 2.31. The third-order valence-electron chi connectivity index (χ3n) is 5.18. The molecule has 2 aliphatic heterocycles. The molecule has 0 atom stereocenters. The zero-order valence-electron chi connectivity index (χ0n) is 15.8. The Kier molecular flexibility index (Phi) is 5.43. The Morgan fingerprint density at radius 1 is 1.30 bits per heavy atom. The molecule has 2 aliphatic rings. The molecule has 4 rings (SSSR count). The number of nitrogens with zero attached hydrogens (tertiary/aromatic N) is 2. The summed E-state index contributed by atoms with van der Waals surface area (Å²) in [4.78, 5) is 19.6. The molecule has 0 radical (unpaired) electrons. The van der Waals surface area contributed by atoms with Crippen LogP contribution in [0.1, 0.15) is 59.8 Å². The van der Waals surface area contributed by atoms with Crippen LogP contribution in [0.15, 0.2) is 28.7 Å². The van der Waals surface area contributed by atoms with Crippen molar-refractivity contribution in [2.24, 2.45) is 0 Å². The van der Waals surface area contributed by atoms with E-state index in [2.05, 4.69) is 6.92 Å². The predicted octanol–water partition coefficient (Wildman–Crippen LogP) is 3.56. The molecule has 1 amide bonds. The number of ether oxygens (including phenoxy) is 2. The molecule has 0 N–H and O–H groups in total. The van der Waals surface area contributed by atoms with Gasteiger partial charge in [-0.2, -0.15) is 0 Å². The number of amides is 1. The van der Waals surface area contributed by atoms with Crippen LogP contribution < -0.4 is 4.74 Å². The van der Waals surface area contributed by atoms with Gasteiger partial charge >= 0.3 is 0 Å². The lowest BCUT2D eigenvalue weighted by atomic mass is 10.0. The summed E-state index contributed by atoms with van der Waals surface area (Å²) in [7, 11) is 0. The molecule has 2 aromatic rings. The predicted molar refractivity (Wildman–Crippen MR) is 100.0 cm³/mol. The van der Waals surface area contributed by atoms with Gasteiger partial charge in [0.05, 0.1) is 18.7 Å². The van der Waals surface area contributed by atoms with Crippen LogP contribution in [-0.4, -0.2) is 42.2 Å². The fourth-order valence-corrected chi connectivity index (χ4v) is 3.66. The molecule has 6 heteroatoms. The Hall–Kier alpha value is -2.34. The third-order valence-corrected chi connectivity index (χ3v) is 5.18. The Balaban J connectivity index is 1.49. The van der Waals surface area contributed by atoms with Gasteiger partial charge < -0.3 is 18.8 Å². The van der Waals surface area contributed by atoms with Gasteiger partial charge in [-0.25, -0.2) is 4.98 Å². The van der Waals surface area contributed by atoms with Gasteiger partial charge in [-0.3, -0.25) is 4.79 Å². The van der Waals surface area contributed by atoms with Crippen molar-refractivity contribution in [3.05, 3.63) is 47.2 Å². The van der Waals surface area contributed by atoms with E-state index in [1.807, 2.05) is 29.2 Å². The summed E-state index contributed by atoms with van der Waals surface area (Å²) in [5.74, 6) is 2.71. The maximum Gasteiger partial charge on any atom is 0.257 e. The van der Waals surface area contributed by atoms with Gasteiger partial charge in [0.15, 0.2) is 5.89 Å². The van der Waals surface area contributed by atoms with Gasteiger partial charge in [-0.05, 0) is 31.4 Å². The Labute approximate surface area is 159 Å². The lowest BCUT2D eigenvalue weighted by Crippen LogP contribution is -2.36. The Bertz CT molecular complexity index is 795. The normalized spacial score (nSPS) is 17.6. The summed E-state index contributed by atoms with van der Waals surface area (Å²) < 4.78 is 17.2. The van der Waals surface area contributed by atoms with E-state index in [0.717, 1.165) is 49.8 Å². The van der Waals surface area contributed by atoms with Gasteiger partial charge in [-0.1, -0.05) is 19.1 Å². The van der Waals surface area contributed by atoms with E-state index in [4.69, 9.17) is 18.9 Å². The van der Waals surface area contributed by atoms with Crippen LogP contribution in [0.3, 0.4) is 0 Å². The van der Waals surface area contributed by atoms with Crippen molar-refractivity contribution in [2.75, 3.05) is 26.4 Å². The van der Waals surface area contributed by atoms with E-state index in [9.17, 15) is 4.79 Å². The molecular formula is C21H26N2O4. The smallest absolute Gasteiger partial charge is 0.257 e. The molecule has 3 heterocycles. The number of hydrogen-bond donors (Lipinski definition) is 0. The van der Waals surface area contributed by atoms with Crippen molar-refractivity contribution in [1.29, 1.82) is 0 Å². The monoisotopic (exact) mass is 370 g/mol. The van der Waals surface area contributed by atoms with Crippen LogP contribution in [-0.2, 0) is 17.7 Å². The zero-order chi connectivity index (χ0) is 18.6. The highest BCUT2D eigenvalue weighted by Gasteiger charge is 2.30. The molecule has 0 saturated carbocycles. The summed E-state index contributed by atoms with van der Waals surface area (Å²) in [5, 5.41) is 0. The lowest BCUT2D eigenvalue weighted by molar-refractivity contribution is 0.0721. The highest BCUT2D eigenvalue weighted by atomic mass is 16.5. The second-order valence-electron chi connectivity index (χ2n) is 7.13. The molecule has 6 nitrogen and oxygen atoms in total. The first-order valence-corrected chi connectivity index (χ1v) is 9.83. The first-order valence-electron chi connectivity index (χ1n) is 9.83. The number of carbonyl (C=O) groups excluding carboxylic acids is 1. The minimum Gasteiger partial charge on any atom is -0.493 e. The summed E-state index contributed by atoms with van der Waals surface area (Å²) in [6.07, 6.45) is 3.51. The van der Waals surface area contributed by atoms with E-state index in [1.54, 1.807) is 0 Å². The summed E-state index contributed by atoms with van der Waals surface area (Å²) >= 11 is 0. The lowest BCUT2D eigenvalue weighted by Gasteiger charge is -2.26. The van der Waals surface area contributed by atoms with Gasteiger partial charge in [0.2, 0.25) is 0 Å². The number of fused-ring (bicyclic) bond motifs is 1. The van der Waals surface area contributed by atoms with Crippen molar-refractivity contribution < 1.29 is 18.7 Å². The van der Waals surface area contributed by atoms with E-state index in [0.29, 0.717) is 43.3 Å². The summed E-state index contributed by atoms with van der Waals surface area (Å²) in [6.45, 7) is 5.30. The average molecular weight is 370 g/mol. The standard InChI is InChI=1S/C21H26N2O4/c1-2-11-26-18-6-4-3-5-16(18)21(24)23-10-7-19-17(14-23)22-20(27-19)15-8-12-25-13-9-15/h3-6,15H,2,7-14H2,1H3. The van der Waals surface area contributed by atoms with Crippen molar-refractivity contribution in [2.45, 2.75) is 45.1 Å². The second-order valence-corrected chi connectivity index (χ2v) is 7.13. The molecule has 1 aromatic heterocycles. The van der Waals surface area contributed by atoms with E-state index in [-0.39, 0.29) is 5.91 Å². The molecule has 0 aliphatic carbocycles. The van der Waals surface area contributed by atoms with Crippen LogP contribution in [0, 0.1) is 0 Å². The van der Waals surface area contributed by atoms with Crippen LogP contribution in [0.2, 0.25) is 0 Å². The molecule has 1 fully saturated rings. The minimum absolute atomic E-state index is 0.0111. The van der Waals surface area contributed by atoms with E-state index >= 15 is 0 Å². The Morgan fingerprint density at radius 3 is 2.93 bits per heavy atom. The fraction of sp³-hybridized carbons (Fsp3) is 0.524. The molecule has 1 aromatic carbocycles. The molecule has 27 heavy (non-hydrogen) atoms. The summed E-state index contributed by atoms with van der Waals surface area (Å²) in [6, 6.07) is 7.46. The highest BCUT2D eigenvalue weighted by molar-refractivity contribution is 5.97. The third kappa shape index (κ3) is 3.86. The number of rotatable bonds is 5. The number of para-hydroxylation sites is 1. The zero-order valence-corrected chi connectivity index (χ0v) is 15.8. The number of carbonyl (C=O) groups is 1. The number of aromatic nitrogens is 1. The molecule has 1 saturated heterocycles. The minimum atomic E-state index is -0.0111. The van der Waals surface area contributed by atoms with Crippen molar-refractivity contribution in [1.82, 2.24) is 9.88 Å². The number of benzene rings is 1. The van der Waals surface area contributed by atoms with E-state index < -0.39 is 0 Å².